The van der Waals surface area contributed by atoms with Crippen LogP contribution in [0, 0.1) is 0 Å². The van der Waals surface area contributed by atoms with Crippen molar-refractivity contribution in [3.8, 4) is 5.75 Å². The van der Waals surface area contributed by atoms with Crippen LogP contribution in [0.3, 0.4) is 0 Å². The van der Waals surface area contributed by atoms with Crippen molar-refractivity contribution in [2.75, 3.05) is 13.7 Å². The summed E-state index contributed by atoms with van der Waals surface area (Å²) in [6, 6.07) is 7.96. The summed E-state index contributed by atoms with van der Waals surface area (Å²) in [6.07, 6.45) is 7.14. The molecule has 1 N–H and O–H groups in total. The first-order valence-electron chi connectivity index (χ1n) is 5.28. The summed E-state index contributed by atoms with van der Waals surface area (Å²) in [6.45, 7) is 0.285. The van der Waals surface area contributed by atoms with Gasteiger partial charge in [-0.3, -0.25) is 0 Å². The Hall–Kier alpha value is -1.28. The van der Waals surface area contributed by atoms with Crippen molar-refractivity contribution in [3.05, 3.63) is 35.9 Å². The smallest absolute Gasteiger partial charge is 0.119 e. The molecule has 0 unspecified atom stereocenters. The molecule has 0 aliphatic rings. The lowest BCUT2D eigenvalue weighted by Crippen LogP contribution is -1.82. The zero-order chi connectivity index (χ0) is 10.9. The van der Waals surface area contributed by atoms with E-state index in [1.54, 1.807) is 7.11 Å². The molecule has 0 aliphatic heterocycles. The lowest BCUT2D eigenvalue weighted by molar-refractivity contribution is 0.285. The third kappa shape index (κ3) is 4.66. The second-order valence-electron chi connectivity index (χ2n) is 3.40. The van der Waals surface area contributed by atoms with Crippen LogP contribution in [-0.2, 0) is 0 Å². The molecule has 0 aromatic heterocycles. The molecule has 0 heterocycles. The van der Waals surface area contributed by atoms with Gasteiger partial charge in [0.25, 0.3) is 0 Å². The Kier molecular flexibility index (Phi) is 5.56. The number of hydrogen-bond donors (Lipinski definition) is 1. The van der Waals surface area contributed by atoms with Crippen molar-refractivity contribution < 1.29 is 9.84 Å². The summed E-state index contributed by atoms with van der Waals surface area (Å²) in [4.78, 5) is 0. The van der Waals surface area contributed by atoms with Crippen molar-refractivity contribution in [3.63, 3.8) is 0 Å². The Morgan fingerprint density at radius 3 is 2.93 bits per heavy atom. The maximum absolute atomic E-state index is 8.61. The molecule has 0 radical (unpaired) electrons. The van der Waals surface area contributed by atoms with E-state index in [-0.39, 0.29) is 6.61 Å². The largest absolute Gasteiger partial charge is 0.497 e. The van der Waals surface area contributed by atoms with Crippen LogP contribution in [0.2, 0.25) is 0 Å². The molecular formula is C13H18O2. The normalized spacial score (nSPS) is 10.8. The van der Waals surface area contributed by atoms with Gasteiger partial charge in [-0.15, -0.1) is 0 Å². The Balaban J connectivity index is 2.41. The molecule has 0 saturated heterocycles. The quantitative estimate of drug-likeness (QED) is 0.725. The molecule has 1 aromatic rings. The fourth-order valence-corrected chi connectivity index (χ4v) is 1.34. The molecule has 1 aromatic carbocycles. The van der Waals surface area contributed by atoms with Crippen molar-refractivity contribution in [1.29, 1.82) is 0 Å². The highest BCUT2D eigenvalue weighted by molar-refractivity contribution is 5.51. The van der Waals surface area contributed by atoms with Crippen LogP contribution >= 0.6 is 0 Å². The van der Waals surface area contributed by atoms with E-state index in [4.69, 9.17) is 9.84 Å². The first-order chi connectivity index (χ1) is 7.36. The lowest BCUT2D eigenvalue weighted by atomic mass is 10.1. The molecule has 2 nitrogen and oxygen atoms in total. The Labute approximate surface area is 91.2 Å². The average Bonchev–Trinajstić information content (AvgIpc) is 2.29. The van der Waals surface area contributed by atoms with E-state index in [1.165, 1.54) is 0 Å². The second kappa shape index (κ2) is 7.07. The number of aliphatic hydroxyl groups excluding tert-OH is 1. The van der Waals surface area contributed by atoms with Crippen LogP contribution in [0.25, 0.3) is 6.08 Å². The van der Waals surface area contributed by atoms with Crippen molar-refractivity contribution in [1.82, 2.24) is 0 Å². The van der Waals surface area contributed by atoms with E-state index in [0.29, 0.717) is 0 Å². The molecule has 0 bridgehead atoms. The van der Waals surface area contributed by atoms with Gasteiger partial charge in [0.05, 0.1) is 7.11 Å². The first kappa shape index (κ1) is 11.8. The molecular weight excluding hydrogens is 188 g/mol. The molecule has 2 heteroatoms. The minimum atomic E-state index is 0.285. The van der Waals surface area contributed by atoms with Crippen LogP contribution in [-0.4, -0.2) is 18.8 Å². The summed E-state index contributed by atoms with van der Waals surface area (Å²) >= 11 is 0. The Bertz CT molecular complexity index is 305. The fraction of sp³-hybridized carbons (Fsp3) is 0.385. The van der Waals surface area contributed by atoms with E-state index in [9.17, 15) is 0 Å². The number of ether oxygens (including phenoxy) is 1. The van der Waals surface area contributed by atoms with Gasteiger partial charge in [-0.05, 0) is 37.0 Å². The molecule has 82 valence electrons. The third-order valence-electron chi connectivity index (χ3n) is 2.18. The van der Waals surface area contributed by atoms with Gasteiger partial charge in [-0.25, -0.2) is 0 Å². The van der Waals surface area contributed by atoms with Crippen LogP contribution in [0.15, 0.2) is 30.3 Å². The number of allylic oxidation sites excluding steroid dienone is 1. The van der Waals surface area contributed by atoms with E-state index >= 15 is 0 Å². The summed E-state index contributed by atoms with van der Waals surface area (Å²) in [5, 5.41) is 8.61. The van der Waals surface area contributed by atoms with E-state index < -0.39 is 0 Å². The Morgan fingerprint density at radius 1 is 1.33 bits per heavy atom. The van der Waals surface area contributed by atoms with Gasteiger partial charge >= 0.3 is 0 Å². The van der Waals surface area contributed by atoms with Gasteiger partial charge in [0.15, 0.2) is 0 Å². The van der Waals surface area contributed by atoms with Gasteiger partial charge < -0.3 is 9.84 Å². The lowest BCUT2D eigenvalue weighted by Gasteiger charge is -1.99. The van der Waals surface area contributed by atoms with Crippen LogP contribution < -0.4 is 4.74 Å². The zero-order valence-corrected chi connectivity index (χ0v) is 9.15. The number of methoxy groups -OCH3 is 1. The monoisotopic (exact) mass is 206 g/mol. The summed E-state index contributed by atoms with van der Waals surface area (Å²) < 4.78 is 5.13. The number of rotatable bonds is 6. The predicted molar refractivity (Wildman–Crippen MR) is 63.0 cm³/mol. The second-order valence-corrected chi connectivity index (χ2v) is 3.40. The molecule has 15 heavy (non-hydrogen) atoms. The third-order valence-corrected chi connectivity index (χ3v) is 2.18. The number of aliphatic hydroxyl groups is 1. The van der Waals surface area contributed by atoms with Gasteiger partial charge in [-0.2, -0.15) is 0 Å². The van der Waals surface area contributed by atoms with E-state index in [0.717, 1.165) is 30.6 Å². The highest BCUT2D eigenvalue weighted by atomic mass is 16.5. The highest BCUT2D eigenvalue weighted by Crippen LogP contribution is 2.14. The SMILES string of the molecule is COc1cccc(/C=C\CCCCO)c1. The molecule has 0 spiro atoms. The van der Waals surface area contributed by atoms with Crippen LogP contribution in [0.1, 0.15) is 24.8 Å². The first-order valence-corrected chi connectivity index (χ1v) is 5.28. The summed E-state index contributed by atoms with van der Waals surface area (Å²) in [7, 11) is 1.67. The number of unbranched alkanes of at least 4 members (excludes halogenated alkanes) is 2. The molecule has 0 aliphatic carbocycles. The van der Waals surface area contributed by atoms with Crippen LogP contribution in [0.5, 0.6) is 5.75 Å². The number of hydrogen-bond acceptors (Lipinski definition) is 2. The minimum absolute atomic E-state index is 0.285. The van der Waals surface area contributed by atoms with E-state index in [2.05, 4.69) is 12.2 Å². The van der Waals surface area contributed by atoms with Crippen molar-refractivity contribution >= 4 is 6.08 Å². The topological polar surface area (TPSA) is 29.5 Å². The molecule has 0 saturated carbocycles. The average molecular weight is 206 g/mol. The molecule has 0 fully saturated rings. The van der Waals surface area contributed by atoms with Crippen molar-refractivity contribution in [2.24, 2.45) is 0 Å². The van der Waals surface area contributed by atoms with Gasteiger partial charge in [0.2, 0.25) is 0 Å². The zero-order valence-electron chi connectivity index (χ0n) is 9.15. The summed E-state index contributed by atoms with van der Waals surface area (Å²) in [5.41, 5.74) is 1.15. The van der Waals surface area contributed by atoms with E-state index in [1.807, 2.05) is 24.3 Å². The minimum Gasteiger partial charge on any atom is -0.497 e. The molecule has 0 atom stereocenters. The summed E-state index contributed by atoms with van der Waals surface area (Å²) in [5.74, 6) is 0.882. The van der Waals surface area contributed by atoms with Crippen molar-refractivity contribution in [2.45, 2.75) is 19.3 Å². The molecule has 0 amide bonds. The fourth-order valence-electron chi connectivity index (χ4n) is 1.34. The standard InChI is InChI=1S/C13H18O2/c1-15-13-9-6-8-12(11-13)7-4-2-3-5-10-14/h4,6-9,11,14H,2-3,5,10H2,1H3/b7-4-. The maximum atomic E-state index is 8.61. The highest BCUT2D eigenvalue weighted by Gasteiger charge is 1.90. The van der Waals surface area contributed by atoms with Crippen LogP contribution in [0.4, 0.5) is 0 Å². The predicted octanol–water partition coefficient (Wildman–Crippen LogP) is 2.87. The van der Waals surface area contributed by atoms with Gasteiger partial charge in [0, 0.05) is 6.61 Å². The number of benzene rings is 1. The Morgan fingerprint density at radius 2 is 2.20 bits per heavy atom. The molecule has 1 rings (SSSR count). The van der Waals surface area contributed by atoms with Gasteiger partial charge in [-0.1, -0.05) is 24.3 Å². The van der Waals surface area contributed by atoms with Gasteiger partial charge in [0.1, 0.15) is 5.75 Å². The maximum Gasteiger partial charge on any atom is 0.119 e.